The number of carbonyl (C=O) groups excluding carboxylic acids is 1. The number of carbonyl (C=O) groups is 1. The van der Waals surface area contributed by atoms with E-state index in [-0.39, 0.29) is 12.0 Å². The molecule has 0 bridgehead atoms. The van der Waals surface area contributed by atoms with E-state index in [1.165, 1.54) is 11.1 Å². The van der Waals surface area contributed by atoms with Crippen LogP contribution in [0.15, 0.2) is 48.5 Å². The fraction of sp³-hybridized carbons (Fsp3) is 0.409. The molecule has 136 valence electrons. The lowest BCUT2D eigenvalue weighted by molar-refractivity contribution is -0.189. The molecule has 2 aliphatic heterocycles. The maximum absolute atomic E-state index is 12.4. The maximum atomic E-state index is 12.4. The number of nitrogens with zero attached hydrogens (tertiary/aromatic N) is 1. The summed E-state index contributed by atoms with van der Waals surface area (Å²) in [6.07, 6.45) is -0.104. The van der Waals surface area contributed by atoms with Gasteiger partial charge >= 0.3 is 6.16 Å². The SMILES string of the molecule is Cc1ccc(C2OC(=O)OC3(c4ccc(C)cc4)CCN(C)CC23)cc1. The molecule has 0 spiro atoms. The van der Waals surface area contributed by atoms with Crippen molar-refractivity contribution in [1.29, 1.82) is 0 Å². The minimum atomic E-state index is -0.634. The van der Waals surface area contributed by atoms with Gasteiger partial charge in [0.25, 0.3) is 0 Å². The Morgan fingerprint density at radius 3 is 2.27 bits per heavy atom. The van der Waals surface area contributed by atoms with Gasteiger partial charge in [-0.1, -0.05) is 59.7 Å². The van der Waals surface area contributed by atoms with Gasteiger partial charge in [0.2, 0.25) is 0 Å². The minimum Gasteiger partial charge on any atom is -0.426 e. The predicted octanol–water partition coefficient (Wildman–Crippen LogP) is 4.36. The van der Waals surface area contributed by atoms with Crippen molar-refractivity contribution in [3.05, 3.63) is 70.8 Å². The molecule has 0 radical (unpaired) electrons. The average Bonchev–Trinajstić information content (AvgIpc) is 2.63. The van der Waals surface area contributed by atoms with Crippen molar-refractivity contribution in [2.75, 3.05) is 20.1 Å². The first-order chi connectivity index (χ1) is 12.5. The van der Waals surface area contributed by atoms with Crippen LogP contribution in [0.5, 0.6) is 0 Å². The summed E-state index contributed by atoms with van der Waals surface area (Å²) >= 11 is 0. The molecule has 0 aliphatic carbocycles. The smallest absolute Gasteiger partial charge is 0.426 e. The second kappa shape index (κ2) is 6.44. The predicted molar refractivity (Wildman–Crippen MR) is 99.9 cm³/mol. The fourth-order valence-corrected chi connectivity index (χ4v) is 4.25. The van der Waals surface area contributed by atoms with Gasteiger partial charge in [-0.2, -0.15) is 0 Å². The summed E-state index contributed by atoms with van der Waals surface area (Å²) in [6.45, 7) is 5.83. The molecule has 4 heteroatoms. The zero-order valence-corrected chi connectivity index (χ0v) is 15.6. The van der Waals surface area contributed by atoms with Crippen molar-refractivity contribution in [3.8, 4) is 0 Å². The number of rotatable bonds is 2. The van der Waals surface area contributed by atoms with Crippen LogP contribution >= 0.6 is 0 Å². The molecule has 0 aromatic heterocycles. The highest BCUT2D eigenvalue weighted by Gasteiger charge is 2.55. The van der Waals surface area contributed by atoms with Gasteiger partial charge in [0.1, 0.15) is 11.7 Å². The summed E-state index contributed by atoms with van der Waals surface area (Å²) < 4.78 is 11.7. The Bertz CT molecular complexity index is 799. The third-order valence-electron chi connectivity index (χ3n) is 5.77. The molecule has 0 N–H and O–H groups in total. The van der Waals surface area contributed by atoms with E-state index in [0.717, 1.165) is 30.6 Å². The van der Waals surface area contributed by atoms with Crippen molar-refractivity contribution in [1.82, 2.24) is 4.90 Å². The molecule has 2 fully saturated rings. The lowest BCUT2D eigenvalue weighted by Crippen LogP contribution is -2.56. The normalized spacial score (nSPS) is 28.8. The molecule has 0 saturated carbocycles. The summed E-state index contributed by atoms with van der Waals surface area (Å²) in [5, 5.41) is 0. The summed E-state index contributed by atoms with van der Waals surface area (Å²) in [6, 6.07) is 16.6. The Balaban J connectivity index is 1.80. The van der Waals surface area contributed by atoms with Crippen molar-refractivity contribution in [2.24, 2.45) is 5.92 Å². The standard InChI is InChI=1S/C22H25NO3/c1-15-4-8-17(9-5-15)20-19-14-23(3)13-12-22(19,26-21(24)25-20)18-10-6-16(2)7-11-18/h4-11,19-20H,12-14H2,1-3H3. The Hall–Kier alpha value is -2.33. The summed E-state index contributed by atoms with van der Waals surface area (Å²) in [4.78, 5) is 14.7. The van der Waals surface area contributed by atoms with Gasteiger partial charge in [-0.25, -0.2) is 4.79 Å². The number of cyclic esters (lactones) is 1. The van der Waals surface area contributed by atoms with E-state index >= 15 is 0 Å². The highest BCUT2D eigenvalue weighted by Crippen LogP contribution is 2.50. The number of aryl methyl sites for hydroxylation is 2. The molecule has 0 amide bonds. The van der Waals surface area contributed by atoms with Crippen LogP contribution < -0.4 is 0 Å². The molecule has 2 aliphatic rings. The lowest BCUT2D eigenvalue weighted by atomic mass is 9.71. The van der Waals surface area contributed by atoms with Gasteiger partial charge in [-0.05, 0) is 32.0 Å². The van der Waals surface area contributed by atoms with E-state index in [0.29, 0.717) is 0 Å². The number of likely N-dealkylation sites (tertiary alicyclic amines) is 1. The first-order valence-electron chi connectivity index (χ1n) is 9.20. The van der Waals surface area contributed by atoms with Crippen LogP contribution in [0.3, 0.4) is 0 Å². The molecule has 4 nitrogen and oxygen atoms in total. The number of ether oxygens (including phenoxy) is 2. The summed E-state index contributed by atoms with van der Waals surface area (Å²) in [5.74, 6) is 0.0457. The van der Waals surface area contributed by atoms with Crippen molar-refractivity contribution in [3.63, 3.8) is 0 Å². The zero-order valence-electron chi connectivity index (χ0n) is 15.6. The first kappa shape index (κ1) is 17.1. The molecule has 3 unspecified atom stereocenters. The molecule has 2 heterocycles. The van der Waals surface area contributed by atoms with Gasteiger partial charge in [-0.3, -0.25) is 0 Å². The maximum Gasteiger partial charge on any atom is 0.509 e. The lowest BCUT2D eigenvalue weighted by Gasteiger charge is -2.51. The largest absolute Gasteiger partial charge is 0.509 e. The van der Waals surface area contributed by atoms with Crippen LogP contribution in [-0.4, -0.2) is 31.2 Å². The van der Waals surface area contributed by atoms with E-state index in [1.807, 2.05) is 0 Å². The van der Waals surface area contributed by atoms with E-state index in [2.05, 4.69) is 74.3 Å². The van der Waals surface area contributed by atoms with Crippen LogP contribution in [0, 0.1) is 19.8 Å². The molecule has 2 aromatic carbocycles. The number of benzene rings is 2. The van der Waals surface area contributed by atoms with Gasteiger partial charge in [0.15, 0.2) is 0 Å². The van der Waals surface area contributed by atoms with Gasteiger partial charge in [0, 0.05) is 19.5 Å². The van der Waals surface area contributed by atoms with Crippen LogP contribution in [0.1, 0.15) is 34.8 Å². The molecule has 3 atom stereocenters. The third-order valence-corrected chi connectivity index (χ3v) is 5.77. The van der Waals surface area contributed by atoms with Crippen LogP contribution in [0.25, 0.3) is 0 Å². The average molecular weight is 351 g/mol. The molecule has 2 saturated heterocycles. The Labute approximate surface area is 154 Å². The summed E-state index contributed by atoms with van der Waals surface area (Å²) in [7, 11) is 2.11. The number of hydrogen-bond acceptors (Lipinski definition) is 4. The van der Waals surface area contributed by atoms with Crippen LogP contribution in [0.2, 0.25) is 0 Å². The van der Waals surface area contributed by atoms with Crippen LogP contribution in [-0.2, 0) is 15.1 Å². The van der Waals surface area contributed by atoms with E-state index < -0.39 is 11.8 Å². The molecule has 2 aromatic rings. The molecule has 4 rings (SSSR count). The zero-order chi connectivity index (χ0) is 18.3. The number of piperidine rings is 1. The minimum absolute atomic E-state index is 0.0457. The highest BCUT2D eigenvalue weighted by atomic mass is 16.7. The number of hydrogen-bond donors (Lipinski definition) is 0. The monoisotopic (exact) mass is 351 g/mol. The molecular weight excluding hydrogens is 326 g/mol. The summed E-state index contributed by atoms with van der Waals surface area (Å²) in [5.41, 5.74) is 3.85. The first-order valence-corrected chi connectivity index (χ1v) is 9.20. The number of fused-ring (bicyclic) bond motifs is 1. The molecular formula is C22H25NO3. The second-order valence-corrected chi connectivity index (χ2v) is 7.68. The Kier molecular flexibility index (Phi) is 4.23. The van der Waals surface area contributed by atoms with Crippen molar-refractivity contribution < 1.29 is 14.3 Å². The quantitative estimate of drug-likeness (QED) is 0.754. The van der Waals surface area contributed by atoms with E-state index in [4.69, 9.17) is 9.47 Å². The highest BCUT2D eigenvalue weighted by molar-refractivity contribution is 5.63. The topological polar surface area (TPSA) is 38.8 Å². The Morgan fingerprint density at radius 1 is 1.00 bits per heavy atom. The van der Waals surface area contributed by atoms with E-state index in [9.17, 15) is 4.79 Å². The van der Waals surface area contributed by atoms with Crippen molar-refractivity contribution >= 4 is 6.16 Å². The van der Waals surface area contributed by atoms with Crippen molar-refractivity contribution in [2.45, 2.75) is 32.0 Å². The Morgan fingerprint density at radius 2 is 1.62 bits per heavy atom. The van der Waals surface area contributed by atoms with Gasteiger partial charge < -0.3 is 14.4 Å². The van der Waals surface area contributed by atoms with Crippen LogP contribution in [0.4, 0.5) is 4.79 Å². The van der Waals surface area contributed by atoms with Gasteiger partial charge in [-0.15, -0.1) is 0 Å². The molecule has 26 heavy (non-hydrogen) atoms. The van der Waals surface area contributed by atoms with Gasteiger partial charge in [0.05, 0.1) is 5.92 Å². The fourth-order valence-electron chi connectivity index (χ4n) is 4.25. The van der Waals surface area contributed by atoms with E-state index in [1.54, 1.807) is 0 Å². The third kappa shape index (κ3) is 2.88. The second-order valence-electron chi connectivity index (χ2n) is 7.68.